The lowest BCUT2D eigenvalue weighted by Gasteiger charge is -2.28. The van der Waals surface area contributed by atoms with Gasteiger partial charge in [-0.25, -0.2) is 0 Å². The fourth-order valence-electron chi connectivity index (χ4n) is 5.11. The Hall–Kier alpha value is -2.54. The van der Waals surface area contributed by atoms with Gasteiger partial charge in [0.2, 0.25) is 0 Å². The van der Waals surface area contributed by atoms with Crippen molar-refractivity contribution < 1.29 is 4.74 Å². The fraction of sp³-hybridized carbons (Fsp3) is 0.400. The molecule has 0 N–H and O–H groups in total. The average molecular weight is 413 g/mol. The molecule has 4 rings (SSSR count). The van der Waals surface area contributed by atoms with Crippen LogP contribution in [0.3, 0.4) is 0 Å². The van der Waals surface area contributed by atoms with Crippen molar-refractivity contribution in [1.29, 1.82) is 0 Å². The summed E-state index contributed by atoms with van der Waals surface area (Å²) in [7, 11) is 0. The first-order chi connectivity index (χ1) is 15.2. The molecule has 0 atom stereocenters. The van der Waals surface area contributed by atoms with Crippen molar-refractivity contribution in [2.45, 2.75) is 64.2 Å². The van der Waals surface area contributed by atoms with Gasteiger partial charge in [0.15, 0.2) is 0 Å². The maximum Gasteiger partial charge on any atom is 0.120 e. The summed E-state index contributed by atoms with van der Waals surface area (Å²) < 4.78 is 5.65. The molecule has 1 saturated carbocycles. The topological polar surface area (TPSA) is 9.23 Å². The van der Waals surface area contributed by atoms with E-state index in [1.165, 1.54) is 60.4 Å². The second-order valence-electron chi connectivity index (χ2n) is 9.19. The molecule has 0 aliphatic heterocycles. The first-order valence-corrected chi connectivity index (χ1v) is 12.1. The summed E-state index contributed by atoms with van der Waals surface area (Å²) in [4.78, 5) is 0. The lowest BCUT2D eigenvalue weighted by atomic mass is 9.77. The van der Waals surface area contributed by atoms with Gasteiger partial charge in [-0.3, -0.25) is 0 Å². The molecule has 3 aromatic carbocycles. The molecule has 0 heterocycles. The highest BCUT2D eigenvalue weighted by Crippen LogP contribution is 2.37. The van der Waals surface area contributed by atoms with E-state index in [9.17, 15) is 0 Å². The molecule has 0 amide bonds. The lowest BCUT2D eigenvalue weighted by Crippen LogP contribution is -2.13. The Morgan fingerprint density at radius 2 is 1.52 bits per heavy atom. The summed E-state index contributed by atoms with van der Waals surface area (Å²) in [6.07, 6.45) is 12.3. The van der Waals surface area contributed by atoms with Gasteiger partial charge in [-0.1, -0.05) is 81.0 Å². The van der Waals surface area contributed by atoms with Crippen molar-refractivity contribution in [1.82, 2.24) is 0 Å². The molecule has 0 bridgehead atoms. The maximum absolute atomic E-state index is 5.65. The van der Waals surface area contributed by atoms with Crippen LogP contribution in [-0.4, -0.2) is 6.61 Å². The molecule has 0 spiro atoms. The third kappa shape index (κ3) is 5.79. The molecule has 1 nitrogen and oxygen atoms in total. The molecule has 1 aliphatic rings. The van der Waals surface area contributed by atoms with Gasteiger partial charge in [-0.05, 0) is 90.0 Å². The Balaban J connectivity index is 1.32. The standard InChI is InChI=1S/C30H36O/c1-3-5-23-8-13-26(14-9-23)27-15-10-24(11-16-27)6-7-25-12-17-29-22-30(31-20-4-2)19-18-28(29)21-25/h4,10-12,15-19,21-23,26H,2-3,5-9,13-14,20H2,1H3. The van der Waals surface area contributed by atoms with Crippen molar-refractivity contribution in [2.24, 2.45) is 5.92 Å². The maximum atomic E-state index is 5.65. The smallest absolute Gasteiger partial charge is 0.120 e. The molecule has 1 aliphatic carbocycles. The zero-order valence-corrected chi connectivity index (χ0v) is 19.0. The van der Waals surface area contributed by atoms with Gasteiger partial charge in [0.05, 0.1) is 0 Å². The largest absolute Gasteiger partial charge is 0.490 e. The van der Waals surface area contributed by atoms with Crippen LogP contribution < -0.4 is 4.74 Å². The SMILES string of the molecule is C=CCOc1ccc2cc(CCc3ccc(C4CCC(CCC)CC4)cc3)ccc2c1. The van der Waals surface area contributed by atoms with Gasteiger partial charge in [-0.15, -0.1) is 0 Å². The minimum Gasteiger partial charge on any atom is -0.490 e. The minimum atomic E-state index is 0.544. The highest BCUT2D eigenvalue weighted by Gasteiger charge is 2.21. The highest BCUT2D eigenvalue weighted by atomic mass is 16.5. The normalized spacial score (nSPS) is 18.7. The van der Waals surface area contributed by atoms with Gasteiger partial charge in [0.25, 0.3) is 0 Å². The predicted molar refractivity (Wildman–Crippen MR) is 133 cm³/mol. The number of aryl methyl sites for hydroxylation is 2. The van der Waals surface area contributed by atoms with E-state index in [0.29, 0.717) is 6.61 Å². The molecule has 0 saturated heterocycles. The molecule has 0 unspecified atom stereocenters. The molecule has 0 aromatic heterocycles. The first-order valence-electron chi connectivity index (χ1n) is 12.1. The van der Waals surface area contributed by atoms with Crippen molar-refractivity contribution in [3.8, 4) is 5.75 Å². The molecule has 3 aromatic rings. The minimum absolute atomic E-state index is 0.544. The van der Waals surface area contributed by atoms with Crippen LogP contribution in [0.1, 0.15) is 68.1 Å². The van der Waals surface area contributed by atoms with Gasteiger partial charge >= 0.3 is 0 Å². The summed E-state index contributed by atoms with van der Waals surface area (Å²) in [5.74, 6) is 2.66. The lowest BCUT2D eigenvalue weighted by molar-refractivity contribution is 0.308. The predicted octanol–water partition coefficient (Wildman–Crippen LogP) is 8.26. The molecule has 162 valence electrons. The van der Waals surface area contributed by atoms with Crippen LogP contribution in [0.15, 0.2) is 73.3 Å². The monoisotopic (exact) mass is 412 g/mol. The van der Waals surface area contributed by atoms with E-state index >= 15 is 0 Å². The summed E-state index contributed by atoms with van der Waals surface area (Å²) in [5, 5.41) is 2.50. The summed E-state index contributed by atoms with van der Waals surface area (Å²) in [5.41, 5.74) is 4.39. The zero-order chi connectivity index (χ0) is 21.5. The third-order valence-electron chi connectivity index (χ3n) is 6.94. The van der Waals surface area contributed by atoms with Crippen molar-refractivity contribution in [2.75, 3.05) is 6.61 Å². The fourth-order valence-corrected chi connectivity index (χ4v) is 5.11. The van der Waals surface area contributed by atoms with E-state index in [0.717, 1.165) is 30.4 Å². The molecule has 1 heteroatoms. The van der Waals surface area contributed by atoms with E-state index in [1.54, 1.807) is 11.6 Å². The van der Waals surface area contributed by atoms with Gasteiger partial charge in [0, 0.05) is 0 Å². The van der Waals surface area contributed by atoms with Crippen LogP contribution in [0.2, 0.25) is 0 Å². The van der Waals surface area contributed by atoms with Crippen molar-refractivity contribution in [3.63, 3.8) is 0 Å². The quantitative estimate of drug-likeness (QED) is 0.321. The Labute approximate surface area is 188 Å². The third-order valence-corrected chi connectivity index (χ3v) is 6.94. The van der Waals surface area contributed by atoms with E-state index in [4.69, 9.17) is 4.74 Å². The number of hydrogen-bond acceptors (Lipinski definition) is 1. The van der Waals surface area contributed by atoms with Crippen LogP contribution in [0.5, 0.6) is 5.75 Å². The van der Waals surface area contributed by atoms with E-state index in [2.05, 4.69) is 68.1 Å². The number of fused-ring (bicyclic) bond motifs is 1. The Morgan fingerprint density at radius 3 is 2.26 bits per heavy atom. The molecule has 0 radical (unpaired) electrons. The number of benzene rings is 3. The molecule has 1 fully saturated rings. The van der Waals surface area contributed by atoms with E-state index in [1.807, 2.05) is 6.07 Å². The Bertz CT molecular complexity index is 977. The van der Waals surface area contributed by atoms with Crippen molar-refractivity contribution in [3.05, 3.63) is 90.0 Å². The van der Waals surface area contributed by atoms with Crippen LogP contribution in [0.25, 0.3) is 10.8 Å². The first kappa shape index (κ1) is 21.7. The summed E-state index contributed by atoms with van der Waals surface area (Å²) in [6.45, 7) is 6.57. The number of ether oxygens (including phenoxy) is 1. The second kappa shape index (κ2) is 10.7. The Morgan fingerprint density at radius 1 is 0.839 bits per heavy atom. The van der Waals surface area contributed by atoms with Gasteiger partial charge < -0.3 is 4.74 Å². The molecular weight excluding hydrogens is 376 g/mol. The molecule has 31 heavy (non-hydrogen) atoms. The van der Waals surface area contributed by atoms with Crippen LogP contribution in [0.4, 0.5) is 0 Å². The van der Waals surface area contributed by atoms with Crippen LogP contribution >= 0.6 is 0 Å². The van der Waals surface area contributed by atoms with E-state index in [-0.39, 0.29) is 0 Å². The van der Waals surface area contributed by atoms with Gasteiger partial charge in [0.1, 0.15) is 12.4 Å². The summed E-state index contributed by atoms with van der Waals surface area (Å²) in [6, 6.07) is 22.6. The van der Waals surface area contributed by atoms with Crippen LogP contribution in [-0.2, 0) is 12.8 Å². The van der Waals surface area contributed by atoms with Gasteiger partial charge in [-0.2, -0.15) is 0 Å². The van der Waals surface area contributed by atoms with Crippen molar-refractivity contribution >= 4 is 10.8 Å². The summed E-state index contributed by atoms with van der Waals surface area (Å²) >= 11 is 0. The van der Waals surface area contributed by atoms with Crippen LogP contribution in [0, 0.1) is 5.92 Å². The van der Waals surface area contributed by atoms with E-state index < -0.39 is 0 Å². The number of rotatable bonds is 9. The Kier molecular flexibility index (Phi) is 7.46. The number of hydrogen-bond donors (Lipinski definition) is 0. The highest BCUT2D eigenvalue weighted by molar-refractivity contribution is 5.84. The molecular formula is C30H36O. The average Bonchev–Trinajstić information content (AvgIpc) is 2.82. The second-order valence-corrected chi connectivity index (χ2v) is 9.19. The zero-order valence-electron chi connectivity index (χ0n) is 19.0.